The summed E-state index contributed by atoms with van der Waals surface area (Å²) in [6, 6.07) is 14.4. The molecule has 3 rings (SSSR count). The highest BCUT2D eigenvalue weighted by Gasteiger charge is 2.13. The van der Waals surface area contributed by atoms with Crippen molar-refractivity contribution in [2.45, 2.75) is 6.92 Å². The molecular formula is C20H15BrClN5O2. The van der Waals surface area contributed by atoms with Gasteiger partial charge in [0.1, 0.15) is 11.6 Å². The molecule has 0 atom stereocenters. The topological polar surface area (TPSA) is 103 Å². The first-order valence-electron chi connectivity index (χ1n) is 8.54. The van der Waals surface area contributed by atoms with Crippen LogP contribution in [0.2, 0.25) is 5.02 Å². The number of hydrogen-bond acceptors (Lipinski definition) is 6. The van der Waals surface area contributed by atoms with Crippen molar-refractivity contribution >= 4 is 39.7 Å². The highest BCUT2D eigenvalue weighted by atomic mass is 79.9. The molecule has 9 heteroatoms. The van der Waals surface area contributed by atoms with Gasteiger partial charge in [0.15, 0.2) is 5.75 Å². The fraction of sp³-hybridized carbons (Fsp3) is 0.100. The van der Waals surface area contributed by atoms with Crippen molar-refractivity contribution in [3.05, 3.63) is 73.4 Å². The highest BCUT2D eigenvalue weighted by molar-refractivity contribution is 9.10. The van der Waals surface area contributed by atoms with Gasteiger partial charge in [-0.2, -0.15) is 10.4 Å². The van der Waals surface area contributed by atoms with E-state index in [4.69, 9.17) is 16.3 Å². The third-order valence-electron chi connectivity index (χ3n) is 3.77. The number of aromatic amines is 1. The van der Waals surface area contributed by atoms with Crippen molar-refractivity contribution in [3.63, 3.8) is 0 Å². The number of nitriles is 1. The van der Waals surface area contributed by atoms with Gasteiger partial charge in [-0.3, -0.25) is 9.78 Å². The number of H-pyrrole nitrogens is 1. The first-order chi connectivity index (χ1) is 14.0. The molecule has 29 heavy (non-hydrogen) atoms. The zero-order chi connectivity index (χ0) is 20.8. The van der Waals surface area contributed by atoms with Gasteiger partial charge in [0.2, 0.25) is 5.95 Å². The van der Waals surface area contributed by atoms with Gasteiger partial charge in [-0.15, -0.1) is 0 Å². The number of aromatic nitrogens is 2. The van der Waals surface area contributed by atoms with E-state index in [9.17, 15) is 10.1 Å². The molecule has 1 heterocycles. The molecule has 1 aromatic heterocycles. The lowest BCUT2D eigenvalue weighted by Gasteiger charge is -2.09. The fourth-order valence-corrected chi connectivity index (χ4v) is 3.53. The maximum absolute atomic E-state index is 12.2. The molecule has 2 N–H and O–H groups in total. The van der Waals surface area contributed by atoms with E-state index in [1.165, 1.54) is 6.21 Å². The second-order valence-electron chi connectivity index (χ2n) is 5.73. The molecule has 0 saturated heterocycles. The van der Waals surface area contributed by atoms with Crippen molar-refractivity contribution in [1.82, 2.24) is 9.97 Å². The average molecular weight is 473 g/mol. The Morgan fingerprint density at radius 3 is 2.79 bits per heavy atom. The summed E-state index contributed by atoms with van der Waals surface area (Å²) < 4.78 is 6.17. The van der Waals surface area contributed by atoms with Crippen LogP contribution >= 0.6 is 27.5 Å². The van der Waals surface area contributed by atoms with Gasteiger partial charge in [0.05, 0.1) is 28.0 Å². The number of halogens is 2. The van der Waals surface area contributed by atoms with E-state index >= 15 is 0 Å². The Morgan fingerprint density at radius 1 is 1.38 bits per heavy atom. The van der Waals surface area contributed by atoms with E-state index in [1.807, 2.05) is 19.1 Å². The van der Waals surface area contributed by atoms with Crippen LogP contribution in [0.3, 0.4) is 0 Å². The minimum atomic E-state index is -0.550. The second-order valence-corrected chi connectivity index (χ2v) is 6.99. The molecule has 3 aromatic rings. The average Bonchev–Trinajstić information content (AvgIpc) is 2.71. The van der Waals surface area contributed by atoms with Crippen LogP contribution in [-0.4, -0.2) is 22.8 Å². The van der Waals surface area contributed by atoms with Gasteiger partial charge in [-0.1, -0.05) is 41.9 Å². The normalized spacial score (nSPS) is 10.7. The molecule has 0 amide bonds. The van der Waals surface area contributed by atoms with E-state index in [0.717, 1.165) is 0 Å². The Labute approximate surface area is 180 Å². The molecule has 0 aliphatic heterocycles. The number of nitrogens with one attached hydrogen (secondary N) is 2. The van der Waals surface area contributed by atoms with Crippen LogP contribution in [0.5, 0.6) is 5.75 Å². The smallest absolute Gasteiger partial charge is 0.270 e. The lowest BCUT2D eigenvalue weighted by atomic mass is 10.1. The number of hydrogen-bond donors (Lipinski definition) is 2. The zero-order valence-electron chi connectivity index (χ0n) is 15.2. The first kappa shape index (κ1) is 20.6. The van der Waals surface area contributed by atoms with E-state index in [0.29, 0.717) is 33.0 Å². The zero-order valence-corrected chi connectivity index (χ0v) is 17.6. The standard InChI is InChI=1S/C20H15BrClN5O2/c1-2-29-18-15(21)8-12(9-16(18)22)11-24-27-20-25-17(13-6-4-3-5-7-13)14(10-23)19(28)26-20/h3-9,11H,2H2,1H3,(H2,25,26,27,28). The van der Waals surface area contributed by atoms with Gasteiger partial charge in [-0.25, -0.2) is 10.4 Å². The van der Waals surface area contributed by atoms with Crippen LogP contribution in [0.25, 0.3) is 11.3 Å². The highest BCUT2D eigenvalue weighted by Crippen LogP contribution is 2.34. The summed E-state index contributed by atoms with van der Waals surface area (Å²) in [5.74, 6) is 0.671. The lowest BCUT2D eigenvalue weighted by molar-refractivity contribution is 0.338. The molecule has 7 nitrogen and oxygen atoms in total. The van der Waals surface area contributed by atoms with Crippen LogP contribution in [0.15, 0.2) is 56.8 Å². The van der Waals surface area contributed by atoms with Crippen LogP contribution in [0.4, 0.5) is 5.95 Å². The number of anilines is 1. The van der Waals surface area contributed by atoms with E-state index < -0.39 is 5.56 Å². The third kappa shape index (κ3) is 4.83. The van der Waals surface area contributed by atoms with Gasteiger partial charge in [-0.05, 0) is 40.5 Å². The Morgan fingerprint density at radius 2 is 2.14 bits per heavy atom. The first-order valence-corrected chi connectivity index (χ1v) is 9.71. The number of ether oxygens (including phenoxy) is 1. The predicted molar refractivity (Wildman–Crippen MR) is 117 cm³/mol. The number of benzene rings is 2. The van der Waals surface area contributed by atoms with Gasteiger partial charge >= 0.3 is 0 Å². The minimum absolute atomic E-state index is 0.0621. The molecule has 0 unspecified atom stereocenters. The summed E-state index contributed by atoms with van der Waals surface area (Å²) >= 11 is 9.64. The maximum Gasteiger partial charge on any atom is 0.270 e. The summed E-state index contributed by atoms with van der Waals surface area (Å²) in [5, 5.41) is 13.8. The largest absolute Gasteiger partial charge is 0.491 e. The summed E-state index contributed by atoms with van der Waals surface area (Å²) in [7, 11) is 0. The minimum Gasteiger partial charge on any atom is -0.491 e. The molecule has 146 valence electrons. The summed E-state index contributed by atoms with van der Waals surface area (Å²) in [5.41, 5.74) is 3.71. The molecular weight excluding hydrogens is 458 g/mol. The van der Waals surface area contributed by atoms with Crippen molar-refractivity contribution in [2.75, 3.05) is 12.0 Å². The van der Waals surface area contributed by atoms with Gasteiger partial charge in [0.25, 0.3) is 5.56 Å². The SMILES string of the molecule is CCOc1c(Cl)cc(C=NNc2nc(-c3ccccc3)c(C#N)c(=O)[nH]2)cc1Br. The molecule has 2 aromatic carbocycles. The van der Waals surface area contributed by atoms with E-state index in [-0.39, 0.29) is 17.2 Å². The number of hydrazone groups is 1. The fourth-order valence-electron chi connectivity index (χ4n) is 2.54. The molecule has 0 saturated carbocycles. The molecule has 0 aliphatic rings. The molecule has 0 fully saturated rings. The van der Waals surface area contributed by atoms with Crippen LogP contribution in [-0.2, 0) is 0 Å². The summed E-state index contributed by atoms with van der Waals surface area (Å²) in [6.07, 6.45) is 1.52. The van der Waals surface area contributed by atoms with Gasteiger partial charge < -0.3 is 4.74 Å². The van der Waals surface area contributed by atoms with E-state index in [1.54, 1.807) is 36.4 Å². The van der Waals surface area contributed by atoms with Crippen LogP contribution < -0.4 is 15.7 Å². The Kier molecular flexibility index (Phi) is 6.65. The summed E-state index contributed by atoms with van der Waals surface area (Å²) in [6.45, 7) is 2.37. The van der Waals surface area contributed by atoms with Crippen molar-refractivity contribution in [3.8, 4) is 23.1 Å². The van der Waals surface area contributed by atoms with Crippen LogP contribution in [0.1, 0.15) is 18.1 Å². The Balaban J connectivity index is 1.87. The van der Waals surface area contributed by atoms with Crippen molar-refractivity contribution in [1.29, 1.82) is 5.26 Å². The Bertz CT molecular complexity index is 1130. The quantitative estimate of drug-likeness (QED) is 0.404. The molecule has 0 radical (unpaired) electrons. The van der Waals surface area contributed by atoms with Gasteiger partial charge in [0, 0.05) is 5.56 Å². The van der Waals surface area contributed by atoms with Crippen LogP contribution in [0, 0.1) is 11.3 Å². The number of rotatable bonds is 6. The summed E-state index contributed by atoms with van der Waals surface area (Å²) in [4.78, 5) is 19.1. The Hall–Kier alpha value is -3.15. The number of nitrogens with zero attached hydrogens (tertiary/aromatic N) is 3. The molecule has 0 bridgehead atoms. The third-order valence-corrected chi connectivity index (χ3v) is 4.64. The predicted octanol–water partition coefficient (Wildman–Crippen LogP) is 4.57. The lowest BCUT2D eigenvalue weighted by Crippen LogP contribution is -2.16. The second kappa shape index (κ2) is 9.37. The maximum atomic E-state index is 12.2. The monoisotopic (exact) mass is 471 g/mol. The van der Waals surface area contributed by atoms with Crippen molar-refractivity contribution < 1.29 is 4.74 Å². The molecule has 0 spiro atoms. The molecule has 0 aliphatic carbocycles. The van der Waals surface area contributed by atoms with E-state index in [2.05, 4.69) is 36.4 Å². The van der Waals surface area contributed by atoms with Crippen molar-refractivity contribution in [2.24, 2.45) is 5.10 Å².